The minimum atomic E-state index is -0.507. The maximum Gasteiger partial charge on any atom is 0.243 e. The van der Waals surface area contributed by atoms with Crippen LogP contribution in [0.5, 0.6) is 0 Å². The van der Waals surface area contributed by atoms with Gasteiger partial charge in [-0.1, -0.05) is 33.8 Å². The minimum Gasteiger partial charge on any atom is -0.350 e. The van der Waals surface area contributed by atoms with Gasteiger partial charge in [-0.3, -0.25) is 14.6 Å². The quantitative estimate of drug-likeness (QED) is 0.806. The molecule has 1 atom stereocenters. The van der Waals surface area contributed by atoms with Crippen molar-refractivity contribution < 1.29 is 9.59 Å². The molecule has 0 aromatic carbocycles. The first-order valence-electron chi connectivity index (χ1n) is 7.36. The topological polar surface area (TPSA) is 71.1 Å². The highest BCUT2D eigenvalue weighted by atomic mass is 16.2. The van der Waals surface area contributed by atoms with E-state index in [4.69, 9.17) is 0 Å². The van der Waals surface area contributed by atoms with Crippen LogP contribution in [-0.2, 0) is 16.1 Å². The highest BCUT2D eigenvalue weighted by Crippen LogP contribution is 2.05. The first-order chi connectivity index (χ1) is 9.90. The Morgan fingerprint density at radius 2 is 1.95 bits per heavy atom. The van der Waals surface area contributed by atoms with E-state index in [1.165, 1.54) is 0 Å². The molecule has 0 aliphatic rings. The molecule has 0 unspecified atom stereocenters. The Hall–Kier alpha value is -1.91. The molecule has 0 bridgehead atoms. The van der Waals surface area contributed by atoms with Crippen LogP contribution in [0.4, 0.5) is 0 Å². The molecule has 0 aliphatic heterocycles. The van der Waals surface area contributed by atoms with Gasteiger partial charge in [0.1, 0.15) is 6.04 Å². The summed E-state index contributed by atoms with van der Waals surface area (Å²) < 4.78 is 0. The lowest BCUT2D eigenvalue weighted by Crippen LogP contribution is -2.49. The zero-order valence-corrected chi connectivity index (χ0v) is 13.2. The first kappa shape index (κ1) is 17.1. The van der Waals surface area contributed by atoms with Crippen molar-refractivity contribution in [3.8, 4) is 0 Å². The summed E-state index contributed by atoms with van der Waals surface area (Å²) in [6.45, 7) is 8.21. The molecule has 1 heterocycles. The van der Waals surface area contributed by atoms with E-state index in [1.54, 1.807) is 12.4 Å². The highest BCUT2D eigenvalue weighted by Gasteiger charge is 2.24. The van der Waals surface area contributed by atoms with Crippen LogP contribution >= 0.6 is 0 Å². The van der Waals surface area contributed by atoms with E-state index < -0.39 is 6.04 Å². The third kappa shape index (κ3) is 6.38. The summed E-state index contributed by atoms with van der Waals surface area (Å²) in [5, 5.41) is 5.66. The van der Waals surface area contributed by atoms with Crippen LogP contribution in [0.15, 0.2) is 24.5 Å². The van der Waals surface area contributed by atoms with Gasteiger partial charge in [-0.25, -0.2) is 0 Å². The van der Waals surface area contributed by atoms with Crippen LogP contribution in [-0.4, -0.2) is 22.8 Å². The van der Waals surface area contributed by atoms with E-state index in [0.717, 1.165) is 5.56 Å². The molecule has 0 saturated carbocycles. The second-order valence-corrected chi connectivity index (χ2v) is 5.97. The molecule has 1 aromatic heterocycles. The summed E-state index contributed by atoms with van der Waals surface area (Å²) >= 11 is 0. The number of rotatable bonds is 7. The molecular weight excluding hydrogens is 266 g/mol. The van der Waals surface area contributed by atoms with Gasteiger partial charge in [-0.2, -0.15) is 0 Å². The number of amides is 2. The molecule has 0 spiro atoms. The smallest absolute Gasteiger partial charge is 0.243 e. The largest absolute Gasteiger partial charge is 0.350 e. The van der Waals surface area contributed by atoms with Crippen LogP contribution in [0.1, 0.15) is 39.7 Å². The monoisotopic (exact) mass is 291 g/mol. The number of carbonyl (C=O) groups is 2. The van der Waals surface area contributed by atoms with Crippen molar-refractivity contribution in [1.82, 2.24) is 15.6 Å². The van der Waals surface area contributed by atoms with E-state index in [9.17, 15) is 9.59 Å². The van der Waals surface area contributed by atoms with Crippen molar-refractivity contribution in [2.24, 2.45) is 11.8 Å². The summed E-state index contributed by atoms with van der Waals surface area (Å²) in [5.74, 6) is 0.0671. The normalized spacial score (nSPS) is 12.3. The average molecular weight is 291 g/mol. The molecule has 5 nitrogen and oxygen atoms in total. The molecule has 0 saturated heterocycles. The number of hydrogen-bond acceptors (Lipinski definition) is 3. The van der Waals surface area contributed by atoms with Gasteiger partial charge in [0.05, 0.1) is 0 Å². The second kappa shape index (κ2) is 8.39. The molecule has 1 aromatic rings. The van der Waals surface area contributed by atoms with E-state index in [1.807, 2.05) is 39.8 Å². The molecule has 0 aliphatic carbocycles. The van der Waals surface area contributed by atoms with Gasteiger partial charge in [-0.15, -0.1) is 0 Å². The van der Waals surface area contributed by atoms with Gasteiger partial charge >= 0.3 is 0 Å². The predicted molar refractivity (Wildman–Crippen MR) is 82.3 cm³/mol. The number of carbonyl (C=O) groups excluding carboxylic acids is 2. The summed E-state index contributed by atoms with van der Waals surface area (Å²) in [7, 11) is 0. The zero-order chi connectivity index (χ0) is 15.8. The molecule has 116 valence electrons. The lowest BCUT2D eigenvalue weighted by atomic mass is 10.0. The molecule has 0 radical (unpaired) electrons. The minimum absolute atomic E-state index is 0.0370. The van der Waals surface area contributed by atoms with Crippen molar-refractivity contribution in [3.63, 3.8) is 0 Å². The van der Waals surface area contributed by atoms with Crippen molar-refractivity contribution in [2.45, 2.75) is 46.7 Å². The Labute approximate surface area is 126 Å². The SMILES string of the molecule is CC(C)CC(=O)N[C@H](C(=O)NCc1cccnc1)C(C)C. The van der Waals surface area contributed by atoms with E-state index in [2.05, 4.69) is 15.6 Å². The maximum absolute atomic E-state index is 12.2. The predicted octanol–water partition coefficient (Wildman–Crippen LogP) is 1.88. The number of nitrogens with one attached hydrogen (secondary N) is 2. The van der Waals surface area contributed by atoms with Gasteiger partial charge in [0.25, 0.3) is 0 Å². The number of aromatic nitrogens is 1. The molecule has 2 N–H and O–H groups in total. The van der Waals surface area contributed by atoms with Gasteiger partial charge < -0.3 is 10.6 Å². The fourth-order valence-electron chi connectivity index (χ4n) is 1.94. The lowest BCUT2D eigenvalue weighted by Gasteiger charge is -2.22. The fourth-order valence-corrected chi connectivity index (χ4v) is 1.94. The van der Waals surface area contributed by atoms with Crippen molar-refractivity contribution in [1.29, 1.82) is 0 Å². The third-order valence-corrected chi connectivity index (χ3v) is 3.05. The van der Waals surface area contributed by atoms with Crippen molar-refractivity contribution in [2.75, 3.05) is 0 Å². The number of nitrogens with zero attached hydrogens (tertiary/aromatic N) is 1. The van der Waals surface area contributed by atoms with E-state index >= 15 is 0 Å². The summed E-state index contributed by atoms with van der Waals surface area (Å²) in [5.41, 5.74) is 0.932. The summed E-state index contributed by atoms with van der Waals surface area (Å²) in [6, 6.07) is 3.22. The van der Waals surface area contributed by atoms with Crippen LogP contribution in [0, 0.1) is 11.8 Å². The Balaban J connectivity index is 2.55. The molecule has 21 heavy (non-hydrogen) atoms. The Morgan fingerprint density at radius 3 is 2.48 bits per heavy atom. The maximum atomic E-state index is 12.2. The fraction of sp³-hybridized carbons (Fsp3) is 0.562. The summed E-state index contributed by atoms with van der Waals surface area (Å²) in [4.78, 5) is 28.1. The molecule has 5 heteroatoms. The summed E-state index contributed by atoms with van der Waals surface area (Å²) in [6.07, 6.45) is 3.83. The van der Waals surface area contributed by atoms with Gasteiger partial charge in [0, 0.05) is 25.4 Å². The van der Waals surface area contributed by atoms with Crippen LogP contribution in [0.3, 0.4) is 0 Å². The van der Waals surface area contributed by atoms with Gasteiger partial charge in [0.15, 0.2) is 0 Å². The Morgan fingerprint density at radius 1 is 1.24 bits per heavy atom. The van der Waals surface area contributed by atoms with Crippen LogP contribution < -0.4 is 10.6 Å². The Bertz CT molecular complexity index is 458. The molecular formula is C16H25N3O2. The molecule has 0 fully saturated rings. The van der Waals surface area contributed by atoms with Gasteiger partial charge in [0.2, 0.25) is 11.8 Å². The van der Waals surface area contributed by atoms with Crippen LogP contribution in [0.25, 0.3) is 0 Å². The number of hydrogen-bond donors (Lipinski definition) is 2. The number of pyridine rings is 1. The van der Waals surface area contributed by atoms with Crippen LogP contribution in [0.2, 0.25) is 0 Å². The lowest BCUT2D eigenvalue weighted by molar-refractivity contribution is -0.130. The zero-order valence-electron chi connectivity index (χ0n) is 13.2. The average Bonchev–Trinajstić information content (AvgIpc) is 2.42. The highest BCUT2D eigenvalue weighted by molar-refractivity contribution is 5.87. The molecule has 1 rings (SSSR count). The standard InChI is InChI=1S/C16H25N3O2/c1-11(2)8-14(20)19-15(12(3)4)16(21)18-10-13-6-5-7-17-9-13/h5-7,9,11-12,15H,8,10H2,1-4H3,(H,18,21)(H,19,20)/t15-/m0/s1. The van der Waals surface area contributed by atoms with Crippen molar-refractivity contribution >= 4 is 11.8 Å². The van der Waals surface area contributed by atoms with Crippen molar-refractivity contribution in [3.05, 3.63) is 30.1 Å². The second-order valence-electron chi connectivity index (χ2n) is 5.97. The molecule has 2 amide bonds. The van der Waals surface area contributed by atoms with Gasteiger partial charge in [-0.05, 0) is 23.5 Å². The first-order valence-corrected chi connectivity index (χ1v) is 7.36. The Kier molecular flexibility index (Phi) is 6.85. The van der Waals surface area contributed by atoms with E-state index in [0.29, 0.717) is 13.0 Å². The van der Waals surface area contributed by atoms with E-state index in [-0.39, 0.29) is 23.7 Å². The third-order valence-electron chi connectivity index (χ3n) is 3.05.